The maximum Gasteiger partial charge on any atom is 0.343 e. The number of hydrogen-bond acceptors (Lipinski definition) is 3. The Morgan fingerprint density at radius 2 is 2.11 bits per heavy atom. The summed E-state index contributed by atoms with van der Waals surface area (Å²) in [4.78, 5) is 29.5. The predicted molar refractivity (Wildman–Crippen MR) is 69.1 cm³/mol. The Morgan fingerprint density at radius 1 is 1.44 bits per heavy atom. The number of nitrogens with one attached hydrogen (secondary N) is 1. The van der Waals surface area contributed by atoms with E-state index in [2.05, 4.69) is 16.9 Å². The molecule has 0 spiro atoms. The quantitative estimate of drug-likeness (QED) is 0.814. The van der Waals surface area contributed by atoms with Gasteiger partial charge in [-0.05, 0) is 19.8 Å². The van der Waals surface area contributed by atoms with E-state index in [1.165, 1.54) is 0 Å². The van der Waals surface area contributed by atoms with Gasteiger partial charge in [0, 0.05) is 5.92 Å². The van der Waals surface area contributed by atoms with Crippen LogP contribution in [0.4, 0.5) is 0 Å². The van der Waals surface area contributed by atoms with Crippen molar-refractivity contribution in [2.45, 2.75) is 52.4 Å². The fourth-order valence-electron chi connectivity index (χ4n) is 2.04. The van der Waals surface area contributed by atoms with Crippen LogP contribution in [0.25, 0.3) is 0 Å². The second kappa shape index (κ2) is 6.33. The van der Waals surface area contributed by atoms with Gasteiger partial charge in [0.1, 0.15) is 11.4 Å². The topological polar surface area (TPSA) is 83.0 Å². The SMILES string of the molecule is CCCCC(CC)c1nc(C)c(C(=O)O)c(=O)[nH]1. The minimum Gasteiger partial charge on any atom is -0.477 e. The number of aromatic amines is 1. The molecule has 1 aromatic rings. The summed E-state index contributed by atoms with van der Waals surface area (Å²) in [7, 11) is 0. The van der Waals surface area contributed by atoms with Gasteiger partial charge >= 0.3 is 5.97 Å². The number of hydrogen-bond donors (Lipinski definition) is 2. The van der Waals surface area contributed by atoms with Crippen molar-refractivity contribution in [1.29, 1.82) is 0 Å². The third-order valence-electron chi connectivity index (χ3n) is 3.12. The lowest BCUT2D eigenvalue weighted by atomic mass is 9.98. The molecule has 2 N–H and O–H groups in total. The first-order valence-corrected chi connectivity index (χ1v) is 6.35. The van der Waals surface area contributed by atoms with E-state index in [9.17, 15) is 9.59 Å². The number of carboxylic acid groups (broad SMARTS) is 1. The van der Waals surface area contributed by atoms with Gasteiger partial charge < -0.3 is 10.1 Å². The van der Waals surface area contributed by atoms with E-state index in [0.717, 1.165) is 25.7 Å². The number of aromatic carboxylic acids is 1. The fraction of sp³-hybridized carbons (Fsp3) is 0.615. The molecule has 0 aromatic carbocycles. The predicted octanol–water partition coefficient (Wildman–Crippen LogP) is 2.46. The summed E-state index contributed by atoms with van der Waals surface area (Å²) in [5.41, 5.74) is -0.528. The Morgan fingerprint density at radius 3 is 2.56 bits per heavy atom. The van der Waals surface area contributed by atoms with Gasteiger partial charge in [0.2, 0.25) is 0 Å². The monoisotopic (exact) mass is 252 g/mol. The largest absolute Gasteiger partial charge is 0.477 e. The zero-order valence-corrected chi connectivity index (χ0v) is 11.1. The molecule has 5 nitrogen and oxygen atoms in total. The maximum absolute atomic E-state index is 11.7. The summed E-state index contributed by atoms with van der Waals surface area (Å²) in [6.07, 6.45) is 4.01. The molecule has 0 fully saturated rings. The molecule has 1 rings (SSSR count). The molecule has 0 bridgehead atoms. The number of aryl methyl sites for hydroxylation is 1. The standard InChI is InChI=1S/C13H20N2O3/c1-4-6-7-9(5-2)11-14-8(3)10(13(17)18)12(16)15-11/h9H,4-7H2,1-3H3,(H,17,18)(H,14,15,16). The first-order chi connectivity index (χ1) is 8.51. The number of carbonyl (C=O) groups is 1. The van der Waals surface area contributed by atoms with Crippen LogP contribution in [-0.4, -0.2) is 21.0 Å². The van der Waals surface area contributed by atoms with Crippen molar-refractivity contribution in [2.75, 3.05) is 0 Å². The van der Waals surface area contributed by atoms with Crippen molar-refractivity contribution in [3.05, 3.63) is 27.4 Å². The van der Waals surface area contributed by atoms with Crippen molar-refractivity contribution in [3.63, 3.8) is 0 Å². The maximum atomic E-state index is 11.7. The van der Waals surface area contributed by atoms with Crippen LogP contribution < -0.4 is 5.56 Å². The minimum absolute atomic E-state index is 0.194. The van der Waals surface area contributed by atoms with Crippen LogP contribution in [0.15, 0.2) is 4.79 Å². The van der Waals surface area contributed by atoms with Gasteiger partial charge in [-0.1, -0.05) is 26.7 Å². The third-order valence-corrected chi connectivity index (χ3v) is 3.12. The molecule has 1 atom stereocenters. The summed E-state index contributed by atoms with van der Waals surface area (Å²) < 4.78 is 0. The number of carboxylic acids is 1. The molecule has 0 radical (unpaired) electrons. The van der Waals surface area contributed by atoms with Crippen molar-refractivity contribution in [1.82, 2.24) is 9.97 Å². The summed E-state index contributed by atoms with van der Waals surface area (Å²) in [6.45, 7) is 5.72. The molecule has 0 saturated heterocycles. The molecule has 1 aromatic heterocycles. The molecule has 0 aliphatic heterocycles. The summed E-state index contributed by atoms with van der Waals surface area (Å²) in [5.74, 6) is -0.424. The first kappa shape index (κ1) is 14.4. The van der Waals surface area contributed by atoms with E-state index >= 15 is 0 Å². The van der Waals surface area contributed by atoms with E-state index < -0.39 is 11.5 Å². The fourth-order valence-corrected chi connectivity index (χ4v) is 2.04. The van der Waals surface area contributed by atoms with Crippen molar-refractivity contribution in [2.24, 2.45) is 0 Å². The van der Waals surface area contributed by atoms with Crippen LogP contribution >= 0.6 is 0 Å². The second-order valence-electron chi connectivity index (χ2n) is 4.46. The van der Waals surface area contributed by atoms with Gasteiger partial charge in [-0.2, -0.15) is 0 Å². The minimum atomic E-state index is -1.23. The Hall–Kier alpha value is -1.65. The van der Waals surface area contributed by atoms with Crippen molar-refractivity contribution in [3.8, 4) is 0 Å². The van der Waals surface area contributed by atoms with Gasteiger partial charge in [-0.15, -0.1) is 0 Å². The molecule has 100 valence electrons. The molecule has 5 heteroatoms. The summed E-state index contributed by atoms with van der Waals surface area (Å²) in [5, 5.41) is 8.91. The molecule has 18 heavy (non-hydrogen) atoms. The number of rotatable bonds is 6. The van der Waals surface area contributed by atoms with Crippen LogP contribution in [-0.2, 0) is 0 Å². The highest BCUT2D eigenvalue weighted by Crippen LogP contribution is 2.22. The summed E-state index contributed by atoms with van der Waals surface area (Å²) in [6, 6.07) is 0. The Balaban J connectivity index is 3.11. The van der Waals surface area contributed by atoms with Crippen LogP contribution in [0.3, 0.4) is 0 Å². The lowest BCUT2D eigenvalue weighted by Crippen LogP contribution is -2.24. The van der Waals surface area contributed by atoms with Gasteiger partial charge in [-0.25, -0.2) is 9.78 Å². The lowest BCUT2D eigenvalue weighted by molar-refractivity contribution is 0.0693. The number of aromatic nitrogens is 2. The van der Waals surface area contributed by atoms with Crippen LogP contribution in [0.2, 0.25) is 0 Å². The molecule has 1 heterocycles. The molecule has 0 aliphatic rings. The van der Waals surface area contributed by atoms with Gasteiger partial charge in [0.15, 0.2) is 0 Å². The number of H-pyrrole nitrogens is 1. The average Bonchev–Trinajstić information content (AvgIpc) is 2.28. The Labute approximate surface area is 106 Å². The average molecular weight is 252 g/mol. The van der Waals surface area contributed by atoms with E-state index in [0.29, 0.717) is 5.82 Å². The zero-order valence-electron chi connectivity index (χ0n) is 11.1. The molecule has 1 unspecified atom stereocenters. The molecule has 0 amide bonds. The molecular weight excluding hydrogens is 232 g/mol. The first-order valence-electron chi connectivity index (χ1n) is 6.35. The highest BCUT2D eigenvalue weighted by molar-refractivity contribution is 5.88. The number of nitrogens with zero attached hydrogens (tertiary/aromatic N) is 1. The molecule has 0 aliphatic carbocycles. The second-order valence-corrected chi connectivity index (χ2v) is 4.46. The summed E-state index contributed by atoms with van der Waals surface area (Å²) >= 11 is 0. The highest BCUT2D eigenvalue weighted by Gasteiger charge is 2.18. The third kappa shape index (κ3) is 3.18. The molecule has 0 saturated carbocycles. The van der Waals surface area contributed by atoms with Crippen molar-refractivity contribution < 1.29 is 9.90 Å². The van der Waals surface area contributed by atoms with Crippen LogP contribution in [0.5, 0.6) is 0 Å². The van der Waals surface area contributed by atoms with E-state index in [1.54, 1.807) is 6.92 Å². The highest BCUT2D eigenvalue weighted by atomic mass is 16.4. The smallest absolute Gasteiger partial charge is 0.343 e. The lowest BCUT2D eigenvalue weighted by Gasteiger charge is -2.14. The van der Waals surface area contributed by atoms with Crippen LogP contribution in [0, 0.1) is 6.92 Å². The Kier molecular flexibility index (Phi) is 5.07. The van der Waals surface area contributed by atoms with Crippen LogP contribution in [0.1, 0.15) is 67.3 Å². The van der Waals surface area contributed by atoms with Crippen molar-refractivity contribution >= 4 is 5.97 Å². The van der Waals surface area contributed by atoms with E-state index in [-0.39, 0.29) is 17.2 Å². The molecular formula is C13H20N2O3. The Bertz CT molecular complexity index is 480. The normalized spacial score (nSPS) is 12.4. The van der Waals surface area contributed by atoms with Gasteiger partial charge in [0.25, 0.3) is 5.56 Å². The number of unbranched alkanes of at least 4 members (excludes halogenated alkanes) is 1. The van der Waals surface area contributed by atoms with E-state index in [1.807, 2.05) is 6.92 Å². The van der Waals surface area contributed by atoms with Gasteiger partial charge in [-0.3, -0.25) is 4.79 Å². The zero-order chi connectivity index (χ0) is 13.7. The van der Waals surface area contributed by atoms with E-state index in [4.69, 9.17) is 5.11 Å². The van der Waals surface area contributed by atoms with Gasteiger partial charge in [0.05, 0.1) is 5.69 Å².